The summed E-state index contributed by atoms with van der Waals surface area (Å²) in [6.07, 6.45) is 0.503. The average molecular weight is 443 g/mol. The highest BCUT2D eigenvalue weighted by Crippen LogP contribution is 2.25. The number of carbonyl (C=O) groups is 1. The van der Waals surface area contributed by atoms with Crippen LogP contribution in [0.15, 0.2) is 77.7 Å². The highest BCUT2D eigenvalue weighted by Gasteiger charge is 2.20. The van der Waals surface area contributed by atoms with E-state index in [0.29, 0.717) is 24.5 Å². The van der Waals surface area contributed by atoms with Gasteiger partial charge in [-0.3, -0.25) is 4.79 Å². The van der Waals surface area contributed by atoms with Crippen LogP contribution in [0.25, 0.3) is 0 Å². The summed E-state index contributed by atoms with van der Waals surface area (Å²) < 4.78 is 47.5. The van der Waals surface area contributed by atoms with E-state index in [1.165, 1.54) is 0 Å². The van der Waals surface area contributed by atoms with Crippen molar-refractivity contribution in [3.05, 3.63) is 89.7 Å². The van der Waals surface area contributed by atoms with E-state index < -0.39 is 21.7 Å². The number of carbonyl (C=O) groups excluding carboxylic acids is 1. The number of anilines is 1. The summed E-state index contributed by atoms with van der Waals surface area (Å²) in [6.45, 7) is 2.37. The number of sulfonamides is 1. The quantitative estimate of drug-likeness (QED) is 0.525. The normalized spacial score (nSPS) is 11.2. The monoisotopic (exact) mass is 442 g/mol. The number of para-hydroxylation sites is 2. The van der Waals surface area contributed by atoms with Gasteiger partial charge in [-0.05, 0) is 49.2 Å². The average Bonchev–Trinajstić information content (AvgIpc) is 2.76. The van der Waals surface area contributed by atoms with Crippen molar-refractivity contribution in [2.75, 3.05) is 18.5 Å². The number of amides is 1. The van der Waals surface area contributed by atoms with Crippen molar-refractivity contribution in [2.45, 2.75) is 18.2 Å². The van der Waals surface area contributed by atoms with Crippen LogP contribution in [0.3, 0.4) is 0 Å². The molecule has 2 N–H and O–H groups in total. The van der Waals surface area contributed by atoms with Crippen molar-refractivity contribution < 1.29 is 22.3 Å². The van der Waals surface area contributed by atoms with E-state index in [2.05, 4.69) is 10.0 Å². The van der Waals surface area contributed by atoms with Gasteiger partial charge in [0.25, 0.3) is 5.91 Å². The first-order chi connectivity index (χ1) is 14.9. The molecule has 0 heterocycles. The number of benzene rings is 3. The molecule has 0 aromatic heterocycles. The summed E-state index contributed by atoms with van der Waals surface area (Å²) in [7, 11) is -3.91. The van der Waals surface area contributed by atoms with Gasteiger partial charge in [-0.25, -0.2) is 17.5 Å². The Hall–Kier alpha value is -3.23. The molecule has 0 atom stereocenters. The number of halogens is 1. The maximum atomic E-state index is 14.3. The second-order valence-electron chi connectivity index (χ2n) is 6.66. The summed E-state index contributed by atoms with van der Waals surface area (Å²) in [4.78, 5) is 12.5. The van der Waals surface area contributed by atoms with Gasteiger partial charge in [0.2, 0.25) is 10.0 Å². The molecule has 0 aliphatic heterocycles. The van der Waals surface area contributed by atoms with E-state index in [-0.39, 0.29) is 17.0 Å². The van der Waals surface area contributed by atoms with Crippen molar-refractivity contribution in [1.82, 2.24) is 4.72 Å². The highest BCUT2D eigenvalue weighted by molar-refractivity contribution is 7.89. The summed E-state index contributed by atoms with van der Waals surface area (Å²) >= 11 is 0. The van der Waals surface area contributed by atoms with Gasteiger partial charge in [-0.1, -0.05) is 42.5 Å². The van der Waals surface area contributed by atoms with Crippen LogP contribution in [0.2, 0.25) is 0 Å². The summed E-state index contributed by atoms with van der Waals surface area (Å²) in [5, 5.41) is 2.58. The Bertz CT molecular complexity index is 1150. The lowest BCUT2D eigenvalue weighted by Gasteiger charge is -2.12. The molecule has 0 aliphatic rings. The van der Waals surface area contributed by atoms with Gasteiger partial charge < -0.3 is 10.1 Å². The molecule has 0 saturated heterocycles. The maximum absolute atomic E-state index is 14.3. The number of nitrogens with one attached hydrogen (secondary N) is 2. The zero-order valence-corrected chi connectivity index (χ0v) is 17.8. The zero-order chi connectivity index (χ0) is 22.3. The van der Waals surface area contributed by atoms with Crippen molar-refractivity contribution in [1.29, 1.82) is 0 Å². The first-order valence-corrected chi connectivity index (χ1v) is 11.3. The van der Waals surface area contributed by atoms with E-state index in [4.69, 9.17) is 4.74 Å². The number of rotatable bonds is 9. The standard InChI is InChI=1S/C23H23FN2O4S/c1-2-30-22-11-7-6-10-21(22)26-23(27)19-16-18(12-13-20(19)24)31(28,29)25-15-14-17-8-4-3-5-9-17/h3-13,16,25H,2,14-15H2,1H3,(H,26,27). The van der Waals surface area contributed by atoms with Crippen LogP contribution >= 0.6 is 0 Å². The van der Waals surface area contributed by atoms with Gasteiger partial charge in [0.1, 0.15) is 11.6 Å². The zero-order valence-electron chi connectivity index (χ0n) is 17.0. The predicted molar refractivity (Wildman–Crippen MR) is 117 cm³/mol. The van der Waals surface area contributed by atoms with Crippen molar-refractivity contribution in [3.8, 4) is 5.75 Å². The molecule has 3 aromatic rings. The van der Waals surface area contributed by atoms with Crippen LogP contribution in [-0.2, 0) is 16.4 Å². The number of hydrogen-bond donors (Lipinski definition) is 2. The van der Waals surface area contributed by atoms with Crippen LogP contribution in [-0.4, -0.2) is 27.5 Å². The minimum Gasteiger partial charge on any atom is -0.492 e. The minimum atomic E-state index is -3.91. The van der Waals surface area contributed by atoms with E-state index >= 15 is 0 Å². The van der Waals surface area contributed by atoms with Gasteiger partial charge in [0.15, 0.2) is 0 Å². The molecule has 31 heavy (non-hydrogen) atoms. The molecule has 8 heteroatoms. The van der Waals surface area contributed by atoms with Crippen LogP contribution in [0, 0.1) is 5.82 Å². The summed E-state index contributed by atoms with van der Waals surface area (Å²) in [6, 6.07) is 19.3. The number of ether oxygens (including phenoxy) is 1. The molecule has 3 aromatic carbocycles. The second kappa shape index (κ2) is 10.2. The van der Waals surface area contributed by atoms with E-state index in [9.17, 15) is 17.6 Å². The van der Waals surface area contributed by atoms with Crippen LogP contribution < -0.4 is 14.8 Å². The van der Waals surface area contributed by atoms with Crippen molar-refractivity contribution in [2.24, 2.45) is 0 Å². The Kier molecular flexibility index (Phi) is 7.38. The topological polar surface area (TPSA) is 84.5 Å². The first-order valence-electron chi connectivity index (χ1n) is 9.77. The Morgan fingerprint density at radius 3 is 2.45 bits per heavy atom. The molecule has 0 bridgehead atoms. The molecule has 0 spiro atoms. The molecule has 0 radical (unpaired) electrons. The van der Waals surface area contributed by atoms with E-state index in [1.54, 1.807) is 31.2 Å². The molecule has 0 unspecified atom stereocenters. The highest BCUT2D eigenvalue weighted by atomic mass is 32.2. The Morgan fingerprint density at radius 2 is 1.71 bits per heavy atom. The SMILES string of the molecule is CCOc1ccccc1NC(=O)c1cc(S(=O)(=O)NCCc2ccccc2)ccc1F. The lowest BCUT2D eigenvalue weighted by Crippen LogP contribution is -2.26. The molecule has 0 saturated carbocycles. The summed E-state index contributed by atoms with van der Waals surface area (Å²) in [5.41, 5.74) is 0.970. The molecular weight excluding hydrogens is 419 g/mol. The molecule has 3 rings (SSSR count). The molecule has 0 fully saturated rings. The second-order valence-corrected chi connectivity index (χ2v) is 8.43. The molecule has 162 valence electrons. The van der Waals surface area contributed by atoms with Crippen LogP contribution in [0.5, 0.6) is 5.75 Å². The molecule has 0 aliphatic carbocycles. The largest absolute Gasteiger partial charge is 0.492 e. The van der Waals surface area contributed by atoms with Crippen molar-refractivity contribution >= 4 is 21.6 Å². The Morgan fingerprint density at radius 1 is 1.00 bits per heavy atom. The fraction of sp³-hybridized carbons (Fsp3) is 0.174. The van der Waals surface area contributed by atoms with Crippen molar-refractivity contribution in [3.63, 3.8) is 0 Å². The Labute approximate surface area is 181 Å². The van der Waals surface area contributed by atoms with Gasteiger partial charge in [0.05, 0.1) is 22.8 Å². The first kappa shape index (κ1) is 22.5. The van der Waals surface area contributed by atoms with Crippen LogP contribution in [0.1, 0.15) is 22.8 Å². The third-order valence-corrected chi connectivity index (χ3v) is 5.94. The van der Waals surface area contributed by atoms with Gasteiger partial charge in [-0.15, -0.1) is 0 Å². The van der Waals surface area contributed by atoms with Gasteiger partial charge >= 0.3 is 0 Å². The van der Waals surface area contributed by atoms with Gasteiger partial charge in [-0.2, -0.15) is 0 Å². The minimum absolute atomic E-state index is 0.174. The maximum Gasteiger partial charge on any atom is 0.258 e. The predicted octanol–water partition coefficient (Wildman–Crippen LogP) is 4.00. The number of hydrogen-bond acceptors (Lipinski definition) is 4. The lowest BCUT2D eigenvalue weighted by atomic mass is 10.2. The molecule has 6 nitrogen and oxygen atoms in total. The van der Waals surface area contributed by atoms with Gasteiger partial charge in [0, 0.05) is 6.54 Å². The molecule has 1 amide bonds. The Balaban J connectivity index is 1.75. The smallest absolute Gasteiger partial charge is 0.258 e. The summed E-state index contributed by atoms with van der Waals surface area (Å²) in [5.74, 6) is -1.16. The molecular formula is C23H23FN2O4S. The lowest BCUT2D eigenvalue weighted by molar-refractivity contribution is 0.102. The fourth-order valence-electron chi connectivity index (χ4n) is 2.94. The van der Waals surface area contributed by atoms with Crippen LogP contribution in [0.4, 0.5) is 10.1 Å². The van der Waals surface area contributed by atoms with E-state index in [0.717, 1.165) is 23.8 Å². The third-order valence-electron chi connectivity index (χ3n) is 4.48. The van der Waals surface area contributed by atoms with E-state index in [1.807, 2.05) is 30.3 Å². The third kappa shape index (κ3) is 5.90. The fourth-order valence-corrected chi connectivity index (χ4v) is 4.00.